The molecule has 1 aromatic heterocycles. The molecule has 0 fully saturated rings. The summed E-state index contributed by atoms with van der Waals surface area (Å²) in [5, 5.41) is 0. The molecule has 0 saturated carbocycles. The highest BCUT2D eigenvalue weighted by Crippen LogP contribution is 2.36. The lowest BCUT2D eigenvalue weighted by Gasteiger charge is -2.14. The van der Waals surface area contributed by atoms with Crippen LogP contribution in [-0.2, 0) is 6.42 Å². The van der Waals surface area contributed by atoms with Gasteiger partial charge in [0.2, 0.25) is 0 Å². The summed E-state index contributed by atoms with van der Waals surface area (Å²) in [5.41, 5.74) is 3.79. The number of terminal acetylenes is 1. The second-order valence-corrected chi connectivity index (χ2v) is 5.25. The molecule has 24 heavy (non-hydrogen) atoms. The van der Waals surface area contributed by atoms with Crippen molar-refractivity contribution in [2.75, 3.05) is 13.7 Å². The Kier molecular flexibility index (Phi) is 4.53. The first-order valence-electron chi connectivity index (χ1n) is 7.60. The average Bonchev–Trinajstić information content (AvgIpc) is 3.04. The normalized spacial score (nSPS) is 10.3. The molecule has 0 atom stereocenters. The fraction of sp³-hybridized carbons (Fsp3) is 0.150. The van der Waals surface area contributed by atoms with E-state index < -0.39 is 0 Å². The van der Waals surface area contributed by atoms with Gasteiger partial charge in [-0.25, -0.2) is 4.98 Å². The zero-order chi connectivity index (χ0) is 16.9. The molecule has 4 heteroatoms. The summed E-state index contributed by atoms with van der Waals surface area (Å²) < 4.78 is 11.2. The molecule has 120 valence electrons. The van der Waals surface area contributed by atoms with Crippen LogP contribution in [0.3, 0.4) is 0 Å². The van der Waals surface area contributed by atoms with Crippen LogP contribution in [0.2, 0.25) is 0 Å². The molecule has 3 aromatic rings. The van der Waals surface area contributed by atoms with Crippen molar-refractivity contribution in [2.24, 2.45) is 0 Å². The number of para-hydroxylation sites is 2. The van der Waals surface area contributed by atoms with Gasteiger partial charge in [-0.3, -0.25) is 0 Å². The molecule has 0 amide bonds. The number of imidazole rings is 1. The predicted molar refractivity (Wildman–Crippen MR) is 96.3 cm³/mol. The van der Waals surface area contributed by atoms with E-state index in [0.29, 0.717) is 17.9 Å². The maximum absolute atomic E-state index is 5.67. The standard InChI is InChI=1S/C20H18N2O2/c1-4-8-14-12-15(13-18(23-3)19(14)24-11-5-2)20-21-16-9-6-7-10-17(16)22-20/h2,4,6-7,9-10,12-13H,1,8,11H2,3H3,(H,21,22). The number of hydrogen-bond donors (Lipinski definition) is 1. The zero-order valence-corrected chi connectivity index (χ0v) is 13.5. The second-order valence-electron chi connectivity index (χ2n) is 5.25. The third kappa shape index (κ3) is 2.97. The van der Waals surface area contributed by atoms with Crippen LogP contribution in [0, 0.1) is 12.3 Å². The number of nitrogens with zero attached hydrogens (tertiary/aromatic N) is 1. The average molecular weight is 318 g/mol. The SMILES string of the molecule is C#CCOc1c(CC=C)cc(-c2nc3ccccc3[nH]2)cc1OC. The number of allylic oxidation sites excluding steroid dienone is 1. The molecule has 0 bridgehead atoms. The van der Waals surface area contributed by atoms with E-state index in [4.69, 9.17) is 15.9 Å². The van der Waals surface area contributed by atoms with Gasteiger partial charge in [0.05, 0.1) is 18.1 Å². The first-order chi connectivity index (χ1) is 11.8. The van der Waals surface area contributed by atoms with Crippen LogP contribution in [0.15, 0.2) is 49.1 Å². The van der Waals surface area contributed by atoms with Gasteiger partial charge in [-0.2, -0.15) is 0 Å². The quantitative estimate of drug-likeness (QED) is 0.552. The Morgan fingerprint density at radius 1 is 1.33 bits per heavy atom. The molecule has 1 heterocycles. The van der Waals surface area contributed by atoms with Crippen molar-refractivity contribution in [3.63, 3.8) is 0 Å². The van der Waals surface area contributed by atoms with E-state index >= 15 is 0 Å². The molecule has 0 aliphatic carbocycles. The minimum absolute atomic E-state index is 0.185. The van der Waals surface area contributed by atoms with Gasteiger partial charge in [0.1, 0.15) is 12.4 Å². The lowest BCUT2D eigenvalue weighted by atomic mass is 10.1. The maximum Gasteiger partial charge on any atom is 0.166 e. The minimum Gasteiger partial charge on any atom is -0.493 e. The van der Waals surface area contributed by atoms with Crippen LogP contribution < -0.4 is 9.47 Å². The molecule has 0 unspecified atom stereocenters. The van der Waals surface area contributed by atoms with E-state index in [1.165, 1.54) is 0 Å². The van der Waals surface area contributed by atoms with E-state index in [9.17, 15) is 0 Å². The number of methoxy groups -OCH3 is 1. The highest BCUT2D eigenvalue weighted by Gasteiger charge is 2.15. The van der Waals surface area contributed by atoms with Crippen molar-refractivity contribution in [1.29, 1.82) is 0 Å². The third-order valence-electron chi connectivity index (χ3n) is 3.68. The van der Waals surface area contributed by atoms with E-state index in [1.54, 1.807) is 7.11 Å². The number of ether oxygens (including phenoxy) is 2. The molecular weight excluding hydrogens is 300 g/mol. The zero-order valence-electron chi connectivity index (χ0n) is 13.5. The van der Waals surface area contributed by atoms with E-state index in [-0.39, 0.29) is 6.61 Å². The number of rotatable bonds is 6. The Hall–Kier alpha value is -3.19. The topological polar surface area (TPSA) is 47.1 Å². The fourth-order valence-electron chi connectivity index (χ4n) is 2.62. The summed E-state index contributed by atoms with van der Waals surface area (Å²) in [6, 6.07) is 11.8. The van der Waals surface area contributed by atoms with Gasteiger partial charge >= 0.3 is 0 Å². The molecule has 4 nitrogen and oxygen atoms in total. The van der Waals surface area contributed by atoms with Crippen molar-refractivity contribution in [3.8, 4) is 35.2 Å². The number of hydrogen-bond acceptors (Lipinski definition) is 3. The van der Waals surface area contributed by atoms with Gasteiger partial charge < -0.3 is 14.5 Å². The molecule has 0 aliphatic rings. The maximum atomic E-state index is 5.67. The summed E-state index contributed by atoms with van der Waals surface area (Å²) in [4.78, 5) is 7.97. The summed E-state index contributed by atoms with van der Waals surface area (Å²) in [6.07, 6.45) is 7.77. The minimum atomic E-state index is 0.185. The molecule has 1 N–H and O–H groups in total. The Morgan fingerprint density at radius 2 is 2.17 bits per heavy atom. The summed E-state index contributed by atoms with van der Waals surface area (Å²) in [6.45, 7) is 3.99. The van der Waals surface area contributed by atoms with Crippen molar-refractivity contribution >= 4 is 11.0 Å². The fourth-order valence-corrected chi connectivity index (χ4v) is 2.62. The number of H-pyrrole nitrogens is 1. The van der Waals surface area contributed by atoms with Crippen molar-refractivity contribution in [3.05, 3.63) is 54.6 Å². The molecule has 0 aliphatic heterocycles. The van der Waals surface area contributed by atoms with Crippen LogP contribution >= 0.6 is 0 Å². The van der Waals surface area contributed by atoms with Crippen molar-refractivity contribution < 1.29 is 9.47 Å². The van der Waals surface area contributed by atoms with E-state index in [0.717, 1.165) is 28.0 Å². The van der Waals surface area contributed by atoms with Gasteiger partial charge in [-0.15, -0.1) is 13.0 Å². The molecule has 0 radical (unpaired) electrons. The van der Waals surface area contributed by atoms with Gasteiger partial charge in [0.25, 0.3) is 0 Å². The van der Waals surface area contributed by atoms with Crippen LogP contribution in [0.25, 0.3) is 22.4 Å². The Balaban J connectivity index is 2.12. The van der Waals surface area contributed by atoms with Crippen LogP contribution in [0.4, 0.5) is 0 Å². The first-order valence-corrected chi connectivity index (χ1v) is 7.60. The van der Waals surface area contributed by atoms with Crippen molar-refractivity contribution in [1.82, 2.24) is 9.97 Å². The Morgan fingerprint density at radius 3 is 2.88 bits per heavy atom. The predicted octanol–water partition coefficient (Wildman–Crippen LogP) is 3.98. The Labute approximate surface area is 141 Å². The summed E-state index contributed by atoms with van der Waals surface area (Å²) in [7, 11) is 1.61. The second kappa shape index (κ2) is 6.93. The lowest BCUT2D eigenvalue weighted by molar-refractivity contribution is 0.328. The van der Waals surface area contributed by atoms with Gasteiger partial charge in [-0.05, 0) is 30.7 Å². The number of nitrogens with one attached hydrogen (secondary N) is 1. The van der Waals surface area contributed by atoms with E-state index in [1.807, 2.05) is 42.5 Å². The first kappa shape index (κ1) is 15.7. The van der Waals surface area contributed by atoms with Crippen molar-refractivity contribution in [2.45, 2.75) is 6.42 Å². The van der Waals surface area contributed by atoms with Crippen LogP contribution in [0.1, 0.15) is 5.56 Å². The third-order valence-corrected chi connectivity index (χ3v) is 3.68. The van der Waals surface area contributed by atoms with Crippen LogP contribution in [-0.4, -0.2) is 23.7 Å². The smallest absolute Gasteiger partial charge is 0.166 e. The Bertz CT molecular complexity index is 886. The molecule has 3 rings (SSSR count). The van der Waals surface area contributed by atoms with E-state index in [2.05, 4.69) is 22.5 Å². The highest BCUT2D eigenvalue weighted by molar-refractivity contribution is 5.80. The van der Waals surface area contributed by atoms with Crippen LogP contribution in [0.5, 0.6) is 11.5 Å². The number of benzene rings is 2. The van der Waals surface area contributed by atoms with Gasteiger partial charge in [0.15, 0.2) is 11.5 Å². The number of fused-ring (bicyclic) bond motifs is 1. The van der Waals surface area contributed by atoms with Gasteiger partial charge in [-0.1, -0.05) is 24.1 Å². The molecule has 0 saturated heterocycles. The van der Waals surface area contributed by atoms with Gasteiger partial charge in [0, 0.05) is 11.1 Å². The molecule has 0 spiro atoms. The summed E-state index contributed by atoms with van der Waals surface area (Å²) >= 11 is 0. The highest BCUT2D eigenvalue weighted by atomic mass is 16.5. The molecule has 2 aromatic carbocycles. The summed E-state index contributed by atoms with van der Waals surface area (Å²) in [5.74, 6) is 4.53. The monoisotopic (exact) mass is 318 g/mol. The largest absolute Gasteiger partial charge is 0.493 e. The number of aromatic nitrogens is 2. The molecular formula is C20H18N2O2. The number of aromatic amines is 1. The lowest BCUT2D eigenvalue weighted by Crippen LogP contribution is -2.01.